The van der Waals surface area contributed by atoms with Crippen molar-refractivity contribution < 1.29 is 9.21 Å². The fourth-order valence-electron chi connectivity index (χ4n) is 1.78. The molecule has 8 heteroatoms. The van der Waals surface area contributed by atoms with Crippen molar-refractivity contribution in [2.24, 2.45) is 5.10 Å². The number of carbonyl (C=O) groups excluding carboxylic acids is 1. The van der Waals surface area contributed by atoms with Gasteiger partial charge in [0.2, 0.25) is 0 Å². The third-order valence-corrected chi connectivity index (χ3v) is 2.95. The van der Waals surface area contributed by atoms with Crippen molar-refractivity contribution in [1.82, 2.24) is 25.6 Å². The van der Waals surface area contributed by atoms with E-state index in [0.717, 1.165) is 5.69 Å². The average Bonchev–Trinajstić information content (AvgIpc) is 3.25. The summed E-state index contributed by atoms with van der Waals surface area (Å²) >= 11 is 0. The van der Waals surface area contributed by atoms with Gasteiger partial charge in [0.15, 0.2) is 0 Å². The highest BCUT2D eigenvalue weighted by atomic mass is 16.3. The molecule has 22 heavy (non-hydrogen) atoms. The van der Waals surface area contributed by atoms with Gasteiger partial charge in [0.25, 0.3) is 5.91 Å². The summed E-state index contributed by atoms with van der Waals surface area (Å²) < 4.78 is 6.69. The van der Waals surface area contributed by atoms with Crippen LogP contribution >= 0.6 is 0 Å². The molecular weight excluding hydrogens is 284 g/mol. The molecule has 0 unspecified atom stereocenters. The molecule has 8 nitrogen and oxygen atoms in total. The smallest absolute Gasteiger partial charge is 0.271 e. The molecule has 1 aromatic carbocycles. The molecule has 1 N–H and O–H groups in total. The summed E-state index contributed by atoms with van der Waals surface area (Å²) in [5, 5.41) is 14.9. The van der Waals surface area contributed by atoms with Crippen LogP contribution in [0.4, 0.5) is 0 Å². The highest BCUT2D eigenvalue weighted by molar-refractivity contribution is 5.99. The van der Waals surface area contributed by atoms with Crippen LogP contribution in [0.15, 0.2) is 58.5 Å². The third kappa shape index (κ3) is 2.90. The van der Waals surface area contributed by atoms with E-state index in [1.807, 2.05) is 0 Å². The first-order chi connectivity index (χ1) is 10.7. The minimum absolute atomic E-state index is 0.311. The van der Waals surface area contributed by atoms with E-state index >= 15 is 0 Å². The van der Waals surface area contributed by atoms with Gasteiger partial charge in [0.1, 0.15) is 17.8 Å². The van der Waals surface area contributed by atoms with Gasteiger partial charge in [0, 0.05) is 5.56 Å². The number of nitrogens with one attached hydrogen (secondary N) is 1. The van der Waals surface area contributed by atoms with Crippen LogP contribution in [0, 0.1) is 0 Å². The molecule has 1 amide bonds. The molecule has 0 fully saturated rings. The summed E-state index contributed by atoms with van der Waals surface area (Å²) in [5.74, 6) is 0.295. The van der Waals surface area contributed by atoms with Gasteiger partial charge in [-0.1, -0.05) is 0 Å². The van der Waals surface area contributed by atoms with Crippen molar-refractivity contribution in [1.29, 1.82) is 0 Å². The predicted molar refractivity (Wildman–Crippen MR) is 77.5 cm³/mol. The van der Waals surface area contributed by atoms with Gasteiger partial charge in [-0.25, -0.2) is 10.1 Å². The fraction of sp³-hybridized carbons (Fsp3) is 0.0714. The lowest BCUT2D eigenvalue weighted by Gasteiger charge is -2.03. The maximum atomic E-state index is 12.0. The monoisotopic (exact) mass is 296 g/mol. The Balaban J connectivity index is 1.69. The number of furan rings is 1. The Kier molecular flexibility index (Phi) is 3.73. The topological polar surface area (TPSA) is 98.2 Å². The molecule has 2 aromatic heterocycles. The first kappa shape index (κ1) is 13.7. The highest BCUT2D eigenvalue weighted by Gasteiger charge is 2.06. The second-order valence-electron chi connectivity index (χ2n) is 4.42. The Labute approximate surface area is 125 Å². The Morgan fingerprint density at radius 3 is 2.73 bits per heavy atom. The Morgan fingerprint density at radius 2 is 2.09 bits per heavy atom. The van der Waals surface area contributed by atoms with Gasteiger partial charge in [-0.15, -0.1) is 5.10 Å². The molecule has 0 atom stereocenters. The van der Waals surface area contributed by atoms with Gasteiger partial charge in [-0.2, -0.15) is 5.10 Å². The van der Waals surface area contributed by atoms with Crippen LogP contribution in [0.5, 0.6) is 0 Å². The predicted octanol–water partition coefficient (Wildman–Crippen LogP) is 1.41. The maximum Gasteiger partial charge on any atom is 0.271 e. The van der Waals surface area contributed by atoms with Crippen LogP contribution in [-0.2, 0) is 0 Å². The molecule has 0 saturated heterocycles. The van der Waals surface area contributed by atoms with Gasteiger partial charge in [0.05, 0.1) is 12.0 Å². The van der Waals surface area contributed by atoms with Crippen molar-refractivity contribution in [3.63, 3.8) is 0 Å². The zero-order valence-electron chi connectivity index (χ0n) is 11.7. The number of carbonyl (C=O) groups is 1. The van der Waals surface area contributed by atoms with Crippen LogP contribution in [0.1, 0.15) is 23.0 Å². The lowest BCUT2D eigenvalue weighted by Crippen LogP contribution is -2.19. The highest BCUT2D eigenvalue weighted by Crippen LogP contribution is 2.08. The second kappa shape index (κ2) is 6.00. The van der Waals surface area contributed by atoms with Crippen molar-refractivity contribution >= 4 is 11.6 Å². The largest absolute Gasteiger partial charge is 0.463 e. The van der Waals surface area contributed by atoms with Crippen LogP contribution in [0.3, 0.4) is 0 Å². The Bertz CT molecular complexity index is 775. The average molecular weight is 296 g/mol. The summed E-state index contributed by atoms with van der Waals surface area (Å²) in [6.45, 7) is 1.75. The van der Waals surface area contributed by atoms with E-state index in [4.69, 9.17) is 4.42 Å². The lowest BCUT2D eigenvalue weighted by molar-refractivity contribution is 0.0955. The zero-order chi connectivity index (χ0) is 15.4. The Hall–Kier alpha value is -3.29. The number of amides is 1. The van der Waals surface area contributed by atoms with Gasteiger partial charge in [-0.3, -0.25) is 4.79 Å². The lowest BCUT2D eigenvalue weighted by atomic mass is 10.2. The fourth-order valence-corrected chi connectivity index (χ4v) is 1.78. The van der Waals surface area contributed by atoms with Crippen molar-refractivity contribution in [2.75, 3.05) is 0 Å². The molecule has 0 spiro atoms. The number of hydrogen-bond donors (Lipinski definition) is 1. The molecule has 110 valence electrons. The van der Waals surface area contributed by atoms with E-state index in [2.05, 4.69) is 26.1 Å². The molecule has 3 rings (SSSR count). The second-order valence-corrected chi connectivity index (χ2v) is 4.42. The van der Waals surface area contributed by atoms with Gasteiger partial charge >= 0.3 is 0 Å². The number of rotatable bonds is 4. The van der Waals surface area contributed by atoms with E-state index in [1.165, 1.54) is 11.0 Å². The van der Waals surface area contributed by atoms with Gasteiger partial charge in [-0.05, 0) is 53.7 Å². The molecule has 0 bridgehead atoms. The molecule has 2 heterocycles. The van der Waals surface area contributed by atoms with Crippen LogP contribution < -0.4 is 5.43 Å². The van der Waals surface area contributed by atoms with E-state index in [0.29, 0.717) is 17.0 Å². The molecule has 0 saturated carbocycles. The van der Waals surface area contributed by atoms with E-state index in [9.17, 15) is 4.79 Å². The number of hydrogen-bond acceptors (Lipinski definition) is 6. The van der Waals surface area contributed by atoms with Crippen LogP contribution in [0.25, 0.3) is 5.69 Å². The quantitative estimate of drug-likeness (QED) is 0.579. The maximum absolute atomic E-state index is 12.0. The number of hydrazone groups is 1. The number of nitrogens with zero attached hydrogens (tertiary/aromatic N) is 5. The molecule has 3 aromatic rings. The minimum Gasteiger partial charge on any atom is -0.463 e. The van der Waals surface area contributed by atoms with E-state index < -0.39 is 0 Å². The summed E-state index contributed by atoms with van der Waals surface area (Å²) in [6, 6.07) is 10.4. The molecule has 0 aliphatic rings. The molecule has 0 aliphatic heterocycles. The van der Waals surface area contributed by atoms with Crippen molar-refractivity contribution in [3.05, 3.63) is 60.3 Å². The molecule has 0 radical (unpaired) electrons. The summed E-state index contributed by atoms with van der Waals surface area (Å²) in [7, 11) is 0. The minimum atomic E-state index is -0.311. The zero-order valence-corrected chi connectivity index (χ0v) is 11.7. The summed E-state index contributed by atoms with van der Waals surface area (Å²) in [6.07, 6.45) is 3.03. The molecule has 0 aliphatic carbocycles. The summed E-state index contributed by atoms with van der Waals surface area (Å²) in [5.41, 5.74) is 4.31. The van der Waals surface area contributed by atoms with Gasteiger partial charge < -0.3 is 4.42 Å². The van der Waals surface area contributed by atoms with Crippen LogP contribution in [-0.4, -0.2) is 31.8 Å². The SMILES string of the molecule is C/C(=N\NC(=O)c1ccc(-n2cnnn2)cc1)c1ccco1. The summed E-state index contributed by atoms with van der Waals surface area (Å²) in [4.78, 5) is 12.0. The van der Waals surface area contributed by atoms with E-state index in [1.54, 1.807) is 49.6 Å². The number of tetrazole rings is 1. The Morgan fingerprint density at radius 1 is 1.27 bits per heavy atom. The van der Waals surface area contributed by atoms with Crippen molar-refractivity contribution in [2.45, 2.75) is 6.92 Å². The molecular formula is C14H12N6O2. The first-order valence-electron chi connectivity index (χ1n) is 6.46. The number of benzene rings is 1. The normalized spacial score (nSPS) is 11.4. The third-order valence-electron chi connectivity index (χ3n) is 2.95. The van der Waals surface area contributed by atoms with E-state index in [-0.39, 0.29) is 5.91 Å². The number of aromatic nitrogens is 4. The standard InChI is InChI=1S/C14H12N6O2/c1-10(13-3-2-8-22-13)16-17-14(21)11-4-6-12(7-5-11)20-9-15-18-19-20/h2-9H,1H3,(H,17,21)/b16-10+. The van der Waals surface area contributed by atoms with Crippen molar-refractivity contribution in [3.8, 4) is 5.69 Å². The first-order valence-corrected chi connectivity index (χ1v) is 6.46. The van der Waals surface area contributed by atoms with Crippen LogP contribution in [0.2, 0.25) is 0 Å².